The Hall–Kier alpha value is -3.65. The third-order valence-corrected chi connectivity index (χ3v) is 8.31. The Labute approximate surface area is 232 Å². The molecule has 0 saturated carbocycles. The Morgan fingerprint density at radius 1 is 0.897 bits per heavy atom. The second-order valence-electron chi connectivity index (χ2n) is 10.0. The number of hydrogen-bond donors (Lipinski definition) is 1. The molecule has 0 radical (unpaired) electrons. The van der Waals surface area contributed by atoms with E-state index >= 15 is 0 Å². The van der Waals surface area contributed by atoms with E-state index < -0.39 is 28.5 Å². The zero-order valence-electron chi connectivity index (χ0n) is 23.4. The fraction of sp³-hybridized carbons (Fsp3) is 0.355. The number of nitrogens with zero attached hydrogens (tertiary/aromatic N) is 2. The molecule has 7 nitrogen and oxygen atoms in total. The number of benzene rings is 3. The molecular formula is C31H39N3O4S. The summed E-state index contributed by atoms with van der Waals surface area (Å²) in [7, 11) is -4.07. The third-order valence-electron chi connectivity index (χ3n) is 6.53. The van der Waals surface area contributed by atoms with Crippen LogP contribution in [0.15, 0.2) is 83.8 Å². The van der Waals surface area contributed by atoms with Crippen molar-refractivity contribution >= 4 is 27.5 Å². The standard InChI is InChI=1S/C31H39N3O4S/c1-6-28(31(36)32-23(2)3)33(20-19-26-13-9-7-10-14-26)30(35)22-34(29-18-17-24(4)21-25(29)5)39(37,38)27-15-11-8-12-16-27/h7-18,21,23,28H,6,19-20,22H2,1-5H3,(H,32,36)/t28-/m0/s1. The van der Waals surface area contributed by atoms with Gasteiger partial charge in [-0.15, -0.1) is 0 Å². The van der Waals surface area contributed by atoms with Gasteiger partial charge in [0.1, 0.15) is 12.6 Å². The van der Waals surface area contributed by atoms with E-state index in [1.54, 1.807) is 24.3 Å². The lowest BCUT2D eigenvalue weighted by Crippen LogP contribution is -2.54. The number of aryl methyl sites for hydroxylation is 2. The molecule has 0 unspecified atom stereocenters. The molecule has 0 aliphatic rings. The van der Waals surface area contributed by atoms with Crippen LogP contribution in [-0.4, -0.2) is 50.3 Å². The predicted molar refractivity (Wildman–Crippen MR) is 156 cm³/mol. The van der Waals surface area contributed by atoms with E-state index in [9.17, 15) is 18.0 Å². The quantitative estimate of drug-likeness (QED) is 0.349. The largest absolute Gasteiger partial charge is 0.352 e. The third kappa shape index (κ3) is 7.69. The first-order valence-corrected chi connectivity index (χ1v) is 14.8. The van der Waals surface area contributed by atoms with E-state index in [0.29, 0.717) is 18.5 Å². The van der Waals surface area contributed by atoms with Crippen molar-refractivity contribution in [1.82, 2.24) is 10.2 Å². The average Bonchev–Trinajstić information content (AvgIpc) is 2.90. The average molecular weight is 550 g/mol. The second-order valence-corrected chi connectivity index (χ2v) is 11.9. The molecule has 8 heteroatoms. The summed E-state index contributed by atoms with van der Waals surface area (Å²) in [5, 5.41) is 2.92. The van der Waals surface area contributed by atoms with Crippen molar-refractivity contribution in [3.8, 4) is 0 Å². The highest BCUT2D eigenvalue weighted by Crippen LogP contribution is 2.28. The minimum absolute atomic E-state index is 0.0946. The van der Waals surface area contributed by atoms with Crippen molar-refractivity contribution in [3.63, 3.8) is 0 Å². The lowest BCUT2D eigenvalue weighted by atomic mass is 10.1. The van der Waals surface area contributed by atoms with Gasteiger partial charge in [0.2, 0.25) is 11.8 Å². The molecule has 3 aromatic rings. The van der Waals surface area contributed by atoms with E-state index in [1.807, 2.05) is 77.1 Å². The number of carbonyl (C=O) groups is 2. The van der Waals surface area contributed by atoms with Crippen LogP contribution in [0.1, 0.15) is 43.9 Å². The summed E-state index contributed by atoms with van der Waals surface area (Å²) in [4.78, 5) is 28.8. The molecule has 2 amide bonds. The summed E-state index contributed by atoms with van der Waals surface area (Å²) in [6, 6.07) is 22.5. The van der Waals surface area contributed by atoms with Gasteiger partial charge in [-0.05, 0) is 69.9 Å². The van der Waals surface area contributed by atoms with Gasteiger partial charge in [0, 0.05) is 12.6 Å². The maximum atomic E-state index is 14.0. The highest BCUT2D eigenvalue weighted by molar-refractivity contribution is 7.92. The molecule has 3 aromatic carbocycles. The normalized spacial score (nSPS) is 12.2. The highest BCUT2D eigenvalue weighted by atomic mass is 32.2. The Balaban J connectivity index is 2.03. The van der Waals surface area contributed by atoms with Gasteiger partial charge < -0.3 is 10.2 Å². The van der Waals surface area contributed by atoms with Crippen molar-refractivity contribution in [3.05, 3.63) is 95.6 Å². The molecule has 0 saturated heterocycles. The monoisotopic (exact) mass is 549 g/mol. The van der Waals surface area contributed by atoms with Crippen molar-refractivity contribution in [2.24, 2.45) is 0 Å². The summed E-state index contributed by atoms with van der Waals surface area (Å²) in [5.41, 5.74) is 3.18. The van der Waals surface area contributed by atoms with E-state index in [4.69, 9.17) is 0 Å². The van der Waals surface area contributed by atoms with Gasteiger partial charge in [0.25, 0.3) is 10.0 Å². The zero-order valence-corrected chi connectivity index (χ0v) is 24.2. The SMILES string of the molecule is CC[C@@H](C(=O)NC(C)C)N(CCc1ccccc1)C(=O)CN(c1ccc(C)cc1C)S(=O)(=O)c1ccccc1. The molecule has 39 heavy (non-hydrogen) atoms. The Morgan fingerprint density at radius 3 is 2.08 bits per heavy atom. The molecule has 0 heterocycles. The summed E-state index contributed by atoms with van der Waals surface area (Å²) in [6.45, 7) is 9.21. The number of sulfonamides is 1. The van der Waals surface area contributed by atoms with Crippen LogP contribution in [0, 0.1) is 13.8 Å². The van der Waals surface area contributed by atoms with Crippen LogP contribution in [0.25, 0.3) is 0 Å². The molecule has 208 valence electrons. The van der Waals surface area contributed by atoms with Gasteiger partial charge in [-0.25, -0.2) is 8.42 Å². The maximum absolute atomic E-state index is 14.0. The molecule has 0 fully saturated rings. The Bertz CT molecular complexity index is 1360. The van der Waals surface area contributed by atoms with Gasteiger partial charge in [-0.2, -0.15) is 0 Å². The molecule has 0 spiro atoms. The van der Waals surface area contributed by atoms with Crippen molar-refractivity contribution in [2.75, 3.05) is 17.4 Å². The molecule has 0 aromatic heterocycles. The van der Waals surface area contributed by atoms with Crippen molar-refractivity contribution in [2.45, 2.75) is 64.4 Å². The van der Waals surface area contributed by atoms with Crippen LogP contribution >= 0.6 is 0 Å². The first-order chi connectivity index (χ1) is 18.5. The minimum atomic E-state index is -4.07. The van der Waals surface area contributed by atoms with Gasteiger partial charge in [0.15, 0.2) is 0 Å². The number of carbonyl (C=O) groups excluding carboxylic acids is 2. The maximum Gasteiger partial charge on any atom is 0.264 e. The second kappa shape index (κ2) is 13.4. The lowest BCUT2D eigenvalue weighted by Gasteiger charge is -2.34. The molecule has 1 atom stereocenters. The Kier molecular flexibility index (Phi) is 10.3. The van der Waals surface area contributed by atoms with E-state index in [-0.39, 0.29) is 23.4 Å². The number of nitrogens with one attached hydrogen (secondary N) is 1. The summed E-state index contributed by atoms with van der Waals surface area (Å²) < 4.78 is 29.0. The zero-order chi connectivity index (χ0) is 28.6. The lowest BCUT2D eigenvalue weighted by molar-refractivity contribution is -0.139. The number of amides is 2. The van der Waals surface area contributed by atoms with Crippen LogP contribution < -0.4 is 9.62 Å². The number of anilines is 1. The van der Waals surface area contributed by atoms with Gasteiger partial charge in [0.05, 0.1) is 10.6 Å². The van der Waals surface area contributed by atoms with Crippen molar-refractivity contribution in [1.29, 1.82) is 0 Å². The summed E-state index contributed by atoms with van der Waals surface area (Å²) in [6.07, 6.45) is 0.932. The van der Waals surface area contributed by atoms with Crippen molar-refractivity contribution < 1.29 is 18.0 Å². The minimum Gasteiger partial charge on any atom is -0.352 e. The van der Waals surface area contributed by atoms with E-state index in [2.05, 4.69) is 5.32 Å². The fourth-order valence-electron chi connectivity index (χ4n) is 4.59. The first kappa shape index (κ1) is 29.9. The molecule has 0 aliphatic heterocycles. The van der Waals surface area contributed by atoms with Gasteiger partial charge in [-0.1, -0.05) is 73.2 Å². The van der Waals surface area contributed by atoms with Crippen LogP contribution in [0.2, 0.25) is 0 Å². The highest BCUT2D eigenvalue weighted by Gasteiger charge is 2.34. The van der Waals surface area contributed by atoms with Gasteiger partial charge in [-0.3, -0.25) is 13.9 Å². The van der Waals surface area contributed by atoms with Gasteiger partial charge >= 0.3 is 0 Å². The van der Waals surface area contributed by atoms with Crippen LogP contribution in [0.5, 0.6) is 0 Å². The van der Waals surface area contributed by atoms with Crippen LogP contribution in [0.3, 0.4) is 0 Å². The van der Waals surface area contributed by atoms with E-state index in [0.717, 1.165) is 16.7 Å². The molecule has 0 aliphatic carbocycles. The van der Waals surface area contributed by atoms with E-state index in [1.165, 1.54) is 21.3 Å². The fourth-order valence-corrected chi connectivity index (χ4v) is 6.09. The van der Waals surface area contributed by atoms with Crippen LogP contribution in [0.4, 0.5) is 5.69 Å². The number of hydrogen-bond acceptors (Lipinski definition) is 4. The summed E-state index contributed by atoms with van der Waals surface area (Å²) in [5.74, 6) is -0.686. The Morgan fingerprint density at radius 2 is 1.51 bits per heavy atom. The molecule has 0 bridgehead atoms. The first-order valence-electron chi connectivity index (χ1n) is 13.3. The topological polar surface area (TPSA) is 86.8 Å². The smallest absolute Gasteiger partial charge is 0.264 e. The van der Waals surface area contributed by atoms with Crippen LogP contribution in [-0.2, 0) is 26.0 Å². The molecular weight excluding hydrogens is 510 g/mol. The predicted octanol–water partition coefficient (Wildman–Crippen LogP) is 4.87. The molecule has 3 rings (SSSR count). The summed E-state index contributed by atoms with van der Waals surface area (Å²) >= 11 is 0. The molecule has 1 N–H and O–H groups in total. The number of rotatable bonds is 12.